The van der Waals surface area contributed by atoms with Crippen molar-refractivity contribution in [3.8, 4) is 5.75 Å². The first-order chi connectivity index (χ1) is 15.0. The normalized spacial score (nSPS) is 17.1. The molecule has 2 heterocycles. The van der Waals surface area contributed by atoms with Gasteiger partial charge in [0.05, 0.1) is 17.4 Å². The van der Waals surface area contributed by atoms with Gasteiger partial charge in [-0.05, 0) is 24.3 Å². The lowest BCUT2D eigenvalue weighted by Gasteiger charge is -2.39. The zero-order valence-electron chi connectivity index (χ0n) is 18.7. The number of anilines is 3. The highest BCUT2D eigenvalue weighted by atomic mass is 16.3. The number of carbonyl (C=O) groups excluding carboxylic acids is 1. The van der Waals surface area contributed by atoms with E-state index in [1.807, 2.05) is 13.2 Å². The zero-order valence-corrected chi connectivity index (χ0v) is 18.7. The van der Waals surface area contributed by atoms with Crippen molar-refractivity contribution >= 4 is 23.0 Å². The van der Waals surface area contributed by atoms with Gasteiger partial charge in [0, 0.05) is 39.1 Å². The predicted octanol–water partition coefficient (Wildman–Crippen LogP) is 1.69. The number of nitrogens with zero attached hydrogens (tertiary/aromatic N) is 4. The Morgan fingerprint density at radius 1 is 1.25 bits per heavy atom. The molecule has 1 atom stereocenters. The van der Waals surface area contributed by atoms with Crippen molar-refractivity contribution in [1.29, 1.82) is 0 Å². The Morgan fingerprint density at radius 2 is 1.94 bits per heavy atom. The van der Waals surface area contributed by atoms with Gasteiger partial charge >= 0.3 is 0 Å². The Labute approximate surface area is 184 Å². The Morgan fingerprint density at radius 3 is 2.62 bits per heavy atom. The number of rotatable bonds is 5. The molecule has 3 aromatic rings. The van der Waals surface area contributed by atoms with Crippen molar-refractivity contribution in [1.82, 2.24) is 19.7 Å². The van der Waals surface area contributed by atoms with E-state index in [1.54, 1.807) is 18.8 Å². The zero-order chi connectivity index (χ0) is 23.4. The van der Waals surface area contributed by atoms with Gasteiger partial charge in [-0.3, -0.25) is 19.1 Å². The average molecular weight is 438 g/mol. The molecule has 2 aromatic heterocycles. The summed E-state index contributed by atoms with van der Waals surface area (Å²) in [7, 11) is 4.94. The lowest BCUT2D eigenvalue weighted by Crippen LogP contribution is -2.41. The second-order valence-electron chi connectivity index (χ2n) is 9.06. The van der Waals surface area contributed by atoms with Crippen LogP contribution >= 0.6 is 0 Å². The van der Waals surface area contributed by atoms with Crippen molar-refractivity contribution in [2.24, 2.45) is 12.5 Å². The highest BCUT2D eigenvalue weighted by Gasteiger charge is 2.39. The maximum absolute atomic E-state index is 12.4. The van der Waals surface area contributed by atoms with E-state index in [9.17, 15) is 19.5 Å². The molecule has 0 bridgehead atoms. The molecule has 32 heavy (non-hydrogen) atoms. The third-order valence-electron chi connectivity index (χ3n) is 6.03. The molecule has 1 aliphatic carbocycles. The smallest absolute Gasteiger partial charge is 0.275 e. The van der Waals surface area contributed by atoms with Gasteiger partial charge in [-0.15, -0.1) is 0 Å². The van der Waals surface area contributed by atoms with E-state index in [1.165, 1.54) is 17.2 Å². The van der Waals surface area contributed by atoms with Crippen molar-refractivity contribution in [2.75, 3.05) is 24.7 Å². The standard InChI is InChI=1S/C22H26N6O4/c1-22(2)8-6-12-11(10-28(5)26-12)20(22)25-15-14(18(30)19(15)31)24-13-7-9-23-16(17(13)29)21(32)27(3)4/h7,9-10,20,25,29H,6,8H2,1-5H3,(H,23,24)/t20-/m1/s1. The number of aryl methyl sites for hydroxylation is 2. The predicted molar refractivity (Wildman–Crippen MR) is 120 cm³/mol. The first kappa shape index (κ1) is 21.5. The molecule has 0 spiro atoms. The fourth-order valence-electron chi connectivity index (χ4n) is 4.12. The monoisotopic (exact) mass is 438 g/mol. The summed E-state index contributed by atoms with van der Waals surface area (Å²) in [5.74, 6) is -0.875. The van der Waals surface area contributed by atoms with Crippen LogP contribution in [-0.4, -0.2) is 44.8 Å². The summed E-state index contributed by atoms with van der Waals surface area (Å²) in [6, 6.07) is 1.22. The van der Waals surface area contributed by atoms with Crippen molar-refractivity contribution < 1.29 is 9.90 Å². The first-order valence-electron chi connectivity index (χ1n) is 10.3. The molecule has 3 N–H and O–H groups in total. The van der Waals surface area contributed by atoms with Crippen LogP contribution in [0, 0.1) is 5.41 Å². The van der Waals surface area contributed by atoms with Crippen molar-refractivity contribution in [3.05, 3.63) is 55.9 Å². The summed E-state index contributed by atoms with van der Waals surface area (Å²) in [5.41, 5.74) is 0.628. The quantitative estimate of drug-likeness (QED) is 0.513. The second kappa shape index (κ2) is 7.47. The van der Waals surface area contributed by atoms with Gasteiger partial charge in [0.2, 0.25) is 0 Å². The maximum Gasteiger partial charge on any atom is 0.275 e. The van der Waals surface area contributed by atoms with E-state index in [2.05, 4.69) is 34.6 Å². The van der Waals surface area contributed by atoms with Gasteiger partial charge in [-0.25, -0.2) is 4.98 Å². The lowest BCUT2D eigenvalue weighted by atomic mass is 9.72. The molecule has 1 amide bonds. The molecule has 0 aliphatic heterocycles. The number of aromatic hydroxyl groups is 1. The van der Waals surface area contributed by atoms with Gasteiger partial charge in [-0.2, -0.15) is 5.10 Å². The molecule has 4 rings (SSSR count). The Hall–Kier alpha value is -3.69. The fraction of sp³-hybridized carbons (Fsp3) is 0.409. The van der Waals surface area contributed by atoms with Crippen molar-refractivity contribution in [3.63, 3.8) is 0 Å². The number of amides is 1. The Kier molecular flexibility index (Phi) is 5.03. The third-order valence-corrected chi connectivity index (χ3v) is 6.03. The molecular weight excluding hydrogens is 412 g/mol. The maximum atomic E-state index is 12.4. The summed E-state index contributed by atoms with van der Waals surface area (Å²) in [6.07, 6.45) is 4.99. The molecule has 10 nitrogen and oxygen atoms in total. The van der Waals surface area contributed by atoms with Crippen LogP contribution in [0.1, 0.15) is 48.1 Å². The minimum atomic E-state index is -0.691. The molecular formula is C22H26N6O4. The van der Waals surface area contributed by atoms with E-state index in [0.29, 0.717) is 0 Å². The van der Waals surface area contributed by atoms with Gasteiger partial charge in [0.25, 0.3) is 16.8 Å². The third kappa shape index (κ3) is 3.41. The van der Waals surface area contributed by atoms with Crippen LogP contribution < -0.4 is 21.5 Å². The van der Waals surface area contributed by atoms with Crippen LogP contribution in [0.5, 0.6) is 5.75 Å². The van der Waals surface area contributed by atoms with Crippen LogP contribution in [0.3, 0.4) is 0 Å². The summed E-state index contributed by atoms with van der Waals surface area (Å²) in [4.78, 5) is 42.3. The molecule has 1 aliphatic rings. The number of hydrogen-bond donors (Lipinski definition) is 3. The van der Waals surface area contributed by atoms with E-state index in [-0.39, 0.29) is 34.2 Å². The number of fused-ring (bicyclic) bond motifs is 1. The Bertz CT molecular complexity index is 1280. The SMILES string of the molecule is CN(C)C(=O)c1nccc(Nc2c(N[C@@H]3c4cn(C)nc4CCC3(C)C)c(=O)c2=O)c1O. The number of hydrogen-bond acceptors (Lipinski definition) is 8. The van der Waals surface area contributed by atoms with E-state index in [4.69, 9.17) is 0 Å². The van der Waals surface area contributed by atoms with Crippen LogP contribution in [0.2, 0.25) is 0 Å². The highest BCUT2D eigenvalue weighted by Crippen LogP contribution is 2.45. The largest absolute Gasteiger partial charge is 0.504 e. The second-order valence-corrected chi connectivity index (χ2v) is 9.06. The van der Waals surface area contributed by atoms with Crippen LogP contribution in [0.15, 0.2) is 28.0 Å². The molecule has 0 radical (unpaired) electrons. The number of nitrogens with one attached hydrogen (secondary N) is 2. The molecule has 0 saturated carbocycles. The minimum Gasteiger partial charge on any atom is -0.504 e. The molecule has 168 valence electrons. The first-order valence-corrected chi connectivity index (χ1v) is 10.3. The lowest BCUT2D eigenvalue weighted by molar-refractivity contribution is 0.0819. The summed E-state index contributed by atoms with van der Waals surface area (Å²) >= 11 is 0. The highest BCUT2D eigenvalue weighted by molar-refractivity contribution is 5.97. The fourth-order valence-corrected chi connectivity index (χ4v) is 4.12. The van der Waals surface area contributed by atoms with Crippen LogP contribution in [0.25, 0.3) is 0 Å². The van der Waals surface area contributed by atoms with Gasteiger partial charge in [0.1, 0.15) is 11.4 Å². The van der Waals surface area contributed by atoms with E-state index < -0.39 is 22.5 Å². The number of pyridine rings is 1. The topological polar surface area (TPSA) is 129 Å². The van der Waals surface area contributed by atoms with Crippen LogP contribution in [-0.2, 0) is 13.5 Å². The summed E-state index contributed by atoms with van der Waals surface area (Å²) < 4.78 is 1.75. The summed E-state index contributed by atoms with van der Waals surface area (Å²) in [5, 5.41) is 21.1. The van der Waals surface area contributed by atoms with Gasteiger partial charge < -0.3 is 20.6 Å². The Balaban J connectivity index is 1.68. The van der Waals surface area contributed by atoms with E-state index in [0.717, 1.165) is 24.1 Å². The molecule has 0 fully saturated rings. The molecule has 10 heteroatoms. The summed E-state index contributed by atoms with van der Waals surface area (Å²) in [6.45, 7) is 4.21. The van der Waals surface area contributed by atoms with E-state index >= 15 is 0 Å². The molecule has 1 aromatic carbocycles. The molecule has 0 unspecified atom stereocenters. The minimum absolute atomic E-state index is 0.0477. The molecule has 0 saturated heterocycles. The number of aromatic nitrogens is 3. The van der Waals surface area contributed by atoms with Gasteiger partial charge in [-0.1, -0.05) is 13.8 Å². The van der Waals surface area contributed by atoms with Gasteiger partial charge in [0.15, 0.2) is 11.4 Å². The number of carbonyl (C=O) groups is 1. The van der Waals surface area contributed by atoms with Crippen LogP contribution in [0.4, 0.5) is 17.1 Å². The van der Waals surface area contributed by atoms with Crippen molar-refractivity contribution in [2.45, 2.75) is 32.7 Å². The average Bonchev–Trinajstić information content (AvgIpc) is 3.12.